The molecule has 2 aliphatic rings. The molecule has 33 heavy (non-hydrogen) atoms. The fraction of sp³-hybridized carbons (Fsp3) is 0.435. The van der Waals surface area contributed by atoms with Crippen molar-refractivity contribution < 1.29 is 32.2 Å². The van der Waals surface area contributed by atoms with E-state index in [2.05, 4.69) is 0 Å². The number of halogens is 1. The van der Waals surface area contributed by atoms with Crippen LogP contribution in [0.2, 0.25) is 5.02 Å². The number of nitrogens with zero attached hydrogens (tertiary/aromatic N) is 1. The summed E-state index contributed by atoms with van der Waals surface area (Å²) in [4.78, 5) is 12.8. The summed E-state index contributed by atoms with van der Waals surface area (Å²) in [6.07, 6.45) is 0.859. The molecule has 2 heterocycles. The van der Waals surface area contributed by atoms with Crippen LogP contribution >= 0.6 is 11.6 Å². The lowest BCUT2D eigenvalue weighted by atomic mass is 10.1. The molecule has 0 aliphatic carbocycles. The van der Waals surface area contributed by atoms with Crippen LogP contribution in [-0.4, -0.2) is 57.7 Å². The molecular formula is C23H26ClNO7S. The van der Waals surface area contributed by atoms with Gasteiger partial charge < -0.3 is 18.9 Å². The van der Waals surface area contributed by atoms with Gasteiger partial charge in [-0.3, -0.25) is 0 Å². The van der Waals surface area contributed by atoms with Crippen LogP contribution in [0.15, 0.2) is 35.2 Å². The van der Waals surface area contributed by atoms with Crippen LogP contribution < -0.4 is 9.47 Å². The molecule has 2 aromatic carbocycles. The largest absolute Gasteiger partial charge is 0.493 e. The first-order valence-electron chi connectivity index (χ1n) is 10.8. The molecule has 0 spiro atoms. The number of morpholine rings is 1. The summed E-state index contributed by atoms with van der Waals surface area (Å²) in [5, 5.41) is 0.108. The lowest BCUT2D eigenvalue weighted by Crippen LogP contribution is -2.40. The molecule has 178 valence electrons. The standard InChI is InChI=1S/C23H26ClNO7S/c1-3-30-21-11-16-10-15(2)32-22(16)12-17(21)14-31-23(26)19-13-18(4-5-20(19)24)33(27,28)25-6-8-29-9-7-25/h4-5,11-13,15H,3,6-10,14H2,1-2H3. The second kappa shape index (κ2) is 9.89. The maximum Gasteiger partial charge on any atom is 0.340 e. The Morgan fingerprint density at radius 1 is 1.21 bits per heavy atom. The van der Waals surface area contributed by atoms with Crippen LogP contribution in [0.5, 0.6) is 11.5 Å². The molecule has 0 bridgehead atoms. The van der Waals surface area contributed by atoms with Crippen molar-refractivity contribution in [1.29, 1.82) is 0 Å². The Morgan fingerprint density at radius 3 is 2.70 bits per heavy atom. The van der Waals surface area contributed by atoms with E-state index in [0.717, 1.165) is 17.7 Å². The normalized spacial score (nSPS) is 18.5. The molecule has 1 fully saturated rings. The third-order valence-electron chi connectivity index (χ3n) is 5.50. The van der Waals surface area contributed by atoms with E-state index in [1.165, 1.54) is 22.5 Å². The summed E-state index contributed by atoms with van der Waals surface area (Å²) >= 11 is 6.21. The Hall–Kier alpha value is -2.33. The lowest BCUT2D eigenvalue weighted by molar-refractivity contribution is 0.0469. The summed E-state index contributed by atoms with van der Waals surface area (Å²) in [5.41, 5.74) is 1.69. The molecule has 0 N–H and O–H groups in total. The van der Waals surface area contributed by atoms with Gasteiger partial charge in [-0.15, -0.1) is 0 Å². The molecule has 0 aromatic heterocycles. The van der Waals surface area contributed by atoms with Gasteiger partial charge in [-0.05, 0) is 44.2 Å². The van der Waals surface area contributed by atoms with E-state index in [1.54, 1.807) is 0 Å². The number of rotatable bonds is 7. The number of benzene rings is 2. The van der Waals surface area contributed by atoms with Crippen molar-refractivity contribution in [2.24, 2.45) is 0 Å². The van der Waals surface area contributed by atoms with Gasteiger partial charge in [0, 0.05) is 30.6 Å². The van der Waals surface area contributed by atoms with E-state index in [9.17, 15) is 13.2 Å². The minimum Gasteiger partial charge on any atom is -0.493 e. The third-order valence-corrected chi connectivity index (χ3v) is 7.73. The molecule has 1 unspecified atom stereocenters. The van der Waals surface area contributed by atoms with Crippen LogP contribution in [0.4, 0.5) is 0 Å². The van der Waals surface area contributed by atoms with Gasteiger partial charge in [-0.2, -0.15) is 4.31 Å². The summed E-state index contributed by atoms with van der Waals surface area (Å²) in [7, 11) is -3.78. The SMILES string of the molecule is CCOc1cc2c(cc1COC(=O)c1cc(S(=O)(=O)N3CCOCC3)ccc1Cl)OC(C)C2. The minimum absolute atomic E-state index is 0.0179. The predicted octanol–water partition coefficient (Wildman–Crippen LogP) is 3.44. The Balaban J connectivity index is 1.54. The molecule has 2 aromatic rings. The highest BCUT2D eigenvalue weighted by Crippen LogP contribution is 2.35. The lowest BCUT2D eigenvalue weighted by Gasteiger charge is -2.26. The first-order valence-corrected chi connectivity index (χ1v) is 12.6. The van der Waals surface area contributed by atoms with Crippen LogP contribution in [0.25, 0.3) is 0 Å². The molecule has 4 rings (SSSR count). The van der Waals surface area contributed by atoms with E-state index >= 15 is 0 Å². The molecule has 0 saturated carbocycles. The second-order valence-corrected chi connectivity index (χ2v) is 10.2. The zero-order chi connectivity index (χ0) is 23.6. The molecule has 0 amide bonds. The van der Waals surface area contributed by atoms with Crippen LogP contribution in [-0.2, 0) is 32.5 Å². The number of carbonyl (C=O) groups is 1. The highest BCUT2D eigenvalue weighted by atomic mass is 35.5. The van der Waals surface area contributed by atoms with E-state index in [0.29, 0.717) is 31.1 Å². The molecule has 0 radical (unpaired) electrons. The van der Waals surface area contributed by atoms with Gasteiger partial charge in [0.2, 0.25) is 10.0 Å². The van der Waals surface area contributed by atoms with Gasteiger partial charge in [0.1, 0.15) is 24.2 Å². The van der Waals surface area contributed by atoms with Gasteiger partial charge in [-0.1, -0.05) is 11.6 Å². The number of sulfonamides is 1. The monoisotopic (exact) mass is 495 g/mol. The molecular weight excluding hydrogens is 470 g/mol. The van der Waals surface area contributed by atoms with Crippen molar-refractivity contribution in [3.8, 4) is 11.5 Å². The zero-order valence-corrected chi connectivity index (χ0v) is 20.1. The highest BCUT2D eigenvalue weighted by Gasteiger charge is 2.28. The fourth-order valence-corrected chi connectivity index (χ4v) is 5.49. The van der Waals surface area contributed by atoms with Crippen LogP contribution in [0.1, 0.15) is 35.3 Å². The van der Waals surface area contributed by atoms with Crippen molar-refractivity contribution in [2.45, 2.75) is 37.9 Å². The highest BCUT2D eigenvalue weighted by molar-refractivity contribution is 7.89. The van der Waals surface area contributed by atoms with Crippen LogP contribution in [0.3, 0.4) is 0 Å². The maximum absolute atomic E-state index is 12.9. The molecule has 10 heteroatoms. The summed E-state index contributed by atoms with van der Waals surface area (Å²) in [6.45, 7) is 5.41. The van der Waals surface area contributed by atoms with E-state index in [4.69, 9.17) is 30.5 Å². The number of hydrogen-bond donors (Lipinski definition) is 0. The van der Waals surface area contributed by atoms with E-state index in [1.807, 2.05) is 26.0 Å². The summed E-state index contributed by atoms with van der Waals surface area (Å²) in [6, 6.07) is 7.76. The van der Waals surface area contributed by atoms with Gasteiger partial charge in [-0.25, -0.2) is 13.2 Å². The first-order chi connectivity index (χ1) is 15.8. The average molecular weight is 496 g/mol. The predicted molar refractivity (Wildman–Crippen MR) is 122 cm³/mol. The van der Waals surface area contributed by atoms with Crippen molar-refractivity contribution >= 4 is 27.6 Å². The fourth-order valence-electron chi connectivity index (χ4n) is 3.86. The molecule has 1 saturated heterocycles. The van der Waals surface area contributed by atoms with Gasteiger partial charge in [0.05, 0.1) is 35.3 Å². The van der Waals surface area contributed by atoms with Crippen molar-refractivity contribution in [3.63, 3.8) is 0 Å². The average Bonchev–Trinajstić information content (AvgIpc) is 3.17. The number of hydrogen-bond acceptors (Lipinski definition) is 7. The smallest absolute Gasteiger partial charge is 0.340 e. The molecule has 1 atom stereocenters. The quantitative estimate of drug-likeness (QED) is 0.543. The second-order valence-electron chi connectivity index (χ2n) is 7.87. The third kappa shape index (κ3) is 5.11. The topological polar surface area (TPSA) is 91.4 Å². The summed E-state index contributed by atoms with van der Waals surface area (Å²) in [5.74, 6) is 0.640. The van der Waals surface area contributed by atoms with Crippen molar-refractivity contribution in [3.05, 3.63) is 52.0 Å². The Bertz CT molecular complexity index is 1150. The van der Waals surface area contributed by atoms with Crippen molar-refractivity contribution in [2.75, 3.05) is 32.9 Å². The van der Waals surface area contributed by atoms with Crippen LogP contribution in [0, 0.1) is 0 Å². The van der Waals surface area contributed by atoms with Gasteiger partial charge in [0.25, 0.3) is 0 Å². The zero-order valence-electron chi connectivity index (χ0n) is 18.5. The number of esters is 1. The minimum atomic E-state index is -3.78. The first kappa shape index (κ1) is 23.8. The van der Waals surface area contributed by atoms with E-state index < -0.39 is 16.0 Å². The Morgan fingerprint density at radius 2 is 1.97 bits per heavy atom. The number of ether oxygens (including phenoxy) is 4. The summed E-state index contributed by atoms with van der Waals surface area (Å²) < 4.78 is 49.5. The van der Waals surface area contributed by atoms with Gasteiger partial charge >= 0.3 is 5.97 Å². The van der Waals surface area contributed by atoms with Gasteiger partial charge in [0.15, 0.2) is 0 Å². The maximum atomic E-state index is 12.9. The van der Waals surface area contributed by atoms with E-state index in [-0.39, 0.29) is 41.3 Å². The number of fused-ring (bicyclic) bond motifs is 1. The molecule has 2 aliphatic heterocycles. The number of carbonyl (C=O) groups excluding carboxylic acids is 1. The van der Waals surface area contributed by atoms with Crippen molar-refractivity contribution in [1.82, 2.24) is 4.31 Å². The molecule has 8 nitrogen and oxygen atoms in total. The Kier molecular flexibility index (Phi) is 7.13. The Labute approximate surface area is 198 Å².